The molecule has 2 aliphatic heterocycles. The molecule has 2 saturated heterocycles. The van der Waals surface area contributed by atoms with Gasteiger partial charge in [0.2, 0.25) is 0 Å². The Morgan fingerprint density at radius 3 is 2.85 bits per heavy atom. The van der Waals surface area contributed by atoms with Crippen LogP contribution in [0.1, 0.15) is 10.4 Å². The first-order valence-corrected chi connectivity index (χ1v) is 6.41. The summed E-state index contributed by atoms with van der Waals surface area (Å²) in [6, 6.07) is 8.52. The van der Waals surface area contributed by atoms with Crippen LogP contribution >= 0.6 is 0 Å². The second kappa shape index (κ2) is 3.88. The molecule has 0 spiro atoms. The minimum atomic E-state index is -1.11. The number of hydrogen-bond donors (Lipinski definition) is 1. The van der Waals surface area contributed by atoms with Gasteiger partial charge in [-0.25, -0.2) is 4.79 Å². The highest BCUT2D eigenvalue weighted by molar-refractivity contribution is 5.95. The third kappa shape index (κ3) is 1.56. The number of aliphatic hydroxyl groups excluding tert-OH is 1. The van der Waals surface area contributed by atoms with Crippen molar-refractivity contribution in [1.29, 1.82) is 0 Å². The maximum atomic E-state index is 11.9. The summed E-state index contributed by atoms with van der Waals surface area (Å²) < 4.78 is 15.6. The van der Waals surface area contributed by atoms with Gasteiger partial charge < -0.3 is 19.3 Å². The smallest absolute Gasteiger partial charge is 0.338 e. The van der Waals surface area contributed by atoms with Crippen molar-refractivity contribution in [1.82, 2.24) is 0 Å². The topological polar surface area (TPSA) is 88.7 Å². The number of carbonyl (C=O) groups is 2. The zero-order valence-corrected chi connectivity index (χ0v) is 10.4. The van der Waals surface area contributed by atoms with E-state index in [4.69, 9.17) is 14.2 Å². The van der Waals surface area contributed by atoms with Crippen molar-refractivity contribution in [3.8, 4) is 0 Å². The summed E-state index contributed by atoms with van der Waals surface area (Å²) in [6.07, 6.45) is -2.71. The summed E-state index contributed by atoms with van der Waals surface area (Å²) >= 11 is 0. The third-order valence-electron chi connectivity index (χ3n) is 4.04. The van der Waals surface area contributed by atoms with Gasteiger partial charge in [-0.05, 0) is 12.1 Å². The lowest BCUT2D eigenvalue weighted by atomic mass is 9.86. The average molecular weight is 276 g/mol. The first kappa shape index (κ1) is 12.0. The van der Waals surface area contributed by atoms with Gasteiger partial charge in [0.05, 0.1) is 5.56 Å². The quantitative estimate of drug-likeness (QED) is 0.602. The van der Waals surface area contributed by atoms with E-state index in [0.29, 0.717) is 5.56 Å². The molecule has 6 heteroatoms. The van der Waals surface area contributed by atoms with Crippen molar-refractivity contribution >= 4 is 11.8 Å². The molecule has 1 N–H and O–H groups in total. The lowest BCUT2D eigenvalue weighted by Gasteiger charge is -2.20. The Bertz CT molecular complexity index is 585. The van der Waals surface area contributed by atoms with Crippen LogP contribution in [-0.4, -0.2) is 53.5 Å². The minimum absolute atomic E-state index is 0.148. The molecular weight excluding hydrogens is 264 g/mol. The standard InChI is InChI=1S/C14H12O6/c15-8-9-10(19-9)11(16)14(12(8)20-14)6-18-13(17)7-4-2-1-3-5-7/h1-5,9-12,16H,6H2. The van der Waals surface area contributed by atoms with E-state index >= 15 is 0 Å². The van der Waals surface area contributed by atoms with Crippen LogP contribution in [0.3, 0.4) is 0 Å². The Morgan fingerprint density at radius 2 is 2.10 bits per heavy atom. The van der Waals surface area contributed by atoms with Gasteiger partial charge in [-0.15, -0.1) is 0 Å². The van der Waals surface area contributed by atoms with Gasteiger partial charge >= 0.3 is 5.97 Å². The molecule has 0 bridgehead atoms. The number of aliphatic hydroxyl groups is 1. The van der Waals surface area contributed by atoms with Crippen molar-refractivity contribution in [3.05, 3.63) is 35.9 Å². The number of ether oxygens (including phenoxy) is 3. The second-order valence-corrected chi connectivity index (χ2v) is 5.26. The highest BCUT2D eigenvalue weighted by Gasteiger charge is 2.78. The van der Waals surface area contributed by atoms with Crippen LogP contribution in [0.15, 0.2) is 30.3 Å². The molecule has 104 valence electrons. The van der Waals surface area contributed by atoms with E-state index in [0.717, 1.165) is 0 Å². The van der Waals surface area contributed by atoms with Gasteiger partial charge in [0.1, 0.15) is 24.9 Å². The maximum Gasteiger partial charge on any atom is 0.338 e. The number of hydrogen-bond acceptors (Lipinski definition) is 6. The lowest BCUT2D eigenvalue weighted by Crippen LogP contribution is -2.48. The summed E-state index contributed by atoms with van der Waals surface area (Å²) in [5.41, 5.74) is -0.697. The number of carbonyl (C=O) groups excluding carboxylic acids is 2. The molecule has 2 heterocycles. The van der Waals surface area contributed by atoms with Crippen LogP contribution in [0.2, 0.25) is 0 Å². The number of benzene rings is 1. The van der Waals surface area contributed by atoms with E-state index < -0.39 is 36.0 Å². The number of Topliss-reactive ketones (excluding diaryl/α,β-unsaturated/α-hetero) is 1. The zero-order valence-electron chi connectivity index (χ0n) is 10.4. The van der Waals surface area contributed by atoms with Gasteiger partial charge in [-0.1, -0.05) is 18.2 Å². The van der Waals surface area contributed by atoms with Gasteiger partial charge in [-0.3, -0.25) is 4.79 Å². The third-order valence-corrected chi connectivity index (χ3v) is 4.04. The average Bonchev–Trinajstić information content (AvgIpc) is 3.36. The van der Waals surface area contributed by atoms with E-state index in [9.17, 15) is 14.7 Å². The van der Waals surface area contributed by atoms with Crippen LogP contribution in [0.4, 0.5) is 0 Å². The molecule has 0 amide bonds. The van der Waals surface area contributed by atoms with Crippen molar-refractivity contribution in [3.63, 3.8) is 0 Å². The van der Waals surface area contributed by atoms with E-state index in [1.807, 2.05) is 0 Å². The van der Waals surface area contributed by atoms with E-state index in [-0.39, 0.29) is 12.4 Å². The number of epoxide rings is 2. The van der Waals surface area contributed by atoms with E-state index in [1.54, 1.807) is 30.3 Å². The number of rotatable bonds is 3. The number of esters is 1. The molecule has 3 aliphatic rings. The summed E-state index contributed by atoms with van der Waals surface area (Å²) in [7, 11) is 0. The fraction of sp³-hybridized carbons (Fsp3) is 0.429. The Balaban J connectivity index is 1.45. The van der Waals surface area contributed by atoms with Crippen molar-refractivity contribution in [2.45, 2.75) is 30.0 Å². The molecular formula is C14H12O6. The molecule has 0 aromatic heterocycles. The molecule has 1 aliphatic carbocycles. The molecule has 1 aromatic rings. The Labute approximate surface area is 114 Å². The monoisotopic (exact) mass is 276 g/mol. The second-order valence-electron chi connectivity index (χ2n) is 5.26. The Morgan fingerprint density at radius 1 is 1.35 bits per heavy atom. The van der Waals surface area contributed by atoms with Crippen LogP contribution in [-0.2, 0) is 19.0 Å². The van der Waals surface area contributed by atoms with Crippen LogP contribution < -0.4 is 0 Å². The number of ketones is 1. The molecule has 1 aromatic carbocycles. The highest BCUT2D eigenvalue weighted by atomic mass is 16.7. The largest absolute Gasteiger partial charge is 0.459 e. The first-order chi connectivity index (χ1) is 9.63. The van der Waals surface area contributed by atoms with Crippen LogP contribution in [0.5, 0.6) is 0 Å². The fourth-order valence-electron chi connectivity index (χ4n) is 2.76. The summed E-state index contributed by atoms with van der Waals surface area (Å²) in [4.78, 5) is 23.6. The summed E-state index contributed by atoms with van der Waals surface area (Å²) in [5, 5.41) is 10.1. The van der Waals surface area contributed by atoms with Crippen molar-refractivity contribution < 1.29 is 28.9 Å². The van der Waals surface area contributed by atoms with Crippen LogP contribution in [0, 0.1) is 0 Å². The fourth-order valence-corrected chi connectivity index (χ4v) is 2.76. The Hall–Kier alpha value is -1.76. The number of fused-ring (bicyclic) bond motifs is 2. The highest BCUT2D eigenvalue weighted by Crippen LogP contribution is 2.52. The van der Waals surface area contributed by atoms with E-state index in [1.165, 1.54) is 0 Å². The predicted octanol–water partition coefficient (Wildman–Crippen LogP) is -0.308. The predicted molar refractivity (Wildman–Crippen MR) is 64.0 cm³/mol. The SMILES string of the molecule is O=C(OCC12OC1C(=O)C1OC1C2O)c1ccccc1. The normalized spacial score (nSPS) is 40.5. The molecule has 0 radical (unpaired) electrons. The van der Waals surface area contributed by atoms with Crippen LogP contribution in [0.25, 0.3) is 0 Å². The Kier molecular flexibility index (Phi) is 2.33. The summed E-state index contributed by atoms with van der Waals surface area (Å²) in [6.45, 7) is -0.148. The van der Waals surface area contributed by atoms with Gasteiger partial charge in [0.15, 0.2) is 17.5 Å². The minimum Gasteiger partial charge on any atom is -0.459 e. The molecule has 3 fully saturated rings. The molecule has 1 saturated carbocycles. The van der Waals surface area contributed by atoms with Crippen molar-refractivity contribution in [2.24, 2.45) is 0 Å². The molecule has 5 atom stereocenters. The first-order valence-electron chi connectivity index (χ1n) is 6.41. The molecule has 4 rings (SSSR count). The van der Waals surface area contributed by atoms with Crippen molar-refractivity contribution in [2.75, 3.05) is 6.61 Å². The molecule has 5 unspecified atom stereocenters. The van der Waals surface area contributed by atoms with Gasteiger partial charge in [0, 0.05) is 0 Å². The van der Waals surface area contributed by atoms with Gasteiger partial charge in [-0.2, -0.15) is 0 Å². The lowest BCUT2D eigenvalue weighted by molar-refractivity contribution is -0.121. The van der Waals surface area contributed by atoms with Gasteiger partial charge in [0.25, 0.3) is 0 Å². The maximum absolute atomic E-state index is 11.9. The molecule has 6 nitrogen and oxygen atoms in total. The zero-order chi connectivity index (χ0) is 13.9. The van der Waals surface area contributed by atoms with E-state index in [2.05, 4.69) is 0 Å². The molecule has 20 heavy (non-hydrogen) atoms. The summed E-state index contributed by atoms with van der Waals surface area (Å²) in [5.74, 6) is -0.677.